The van der Waals surface area contributed by atoms with E-state index in [-0.39, 0.29) is 12.4 Å². The number of hydrogen-bond acceptors (Lipinski definition) is 7. The third kappa shape index (κ3) is 5.46. The van der Waals surface area contributed by atoms with E-state index in [4.69, 9.17) is 5.11 Å². The van der Waals surface area contributed by atoms with Gasteiger partial charge in [-0.05, 0) is 72.8 Å². The second-order valence-corrected chi connectivity index (χ2v) is 6.09. The molecule has 0 atom stereocenters. The van der Waals surface area contributed by atoms with Crippen LogP contribution in [0.5, 0.6) is 5.75 Å². The molecule has 3 rings (SSSR count). The summed E-state index contributed by atoms with van der Waals surface area (Å²) in [5.74, 6) is 0.195. The van der Waals surface area contributed by atoms with Gasteiger partial charge >= 0.3 is 0 Å². The topological polar surface area (TPSA) is 93.1 Å². The van der Waals surface area contributed by atoms with Crippen LogP contribution in [0.2, 0.25) is 0 Å². The van der Waals surface area contributed by atoms with Gasteiger partial charge < -0.3 is 15.1 Å². The Morgan fingerprint density at radius 2 is 1.00 bits per heavy atom. The molecule has 7 nitrogen and oxygen atoms in total. The summed E-state index contributed by atoms with van der Waals surface area (Å²) in [6.07, 6.45) is 0. The van der Waals surface area contributed by atoms with E-state index >= 15 is 0 Å². The lowest BCUT2D eigenvalue weighted by Crippen LogP contribution is -2.20. The van der Waals surface area contributed by atoms with Crippen molar-refractivity contribution in [1.29, 1.82) is 0 Å². The lowest BCUT2D eigenvalue weighted by atomic mass is 10.2. The number of phenolic OH excluding ortho intramolecular Hbond substituents is 1. The third-order valence-electron chi connectivity index (χ3n) is 3.99. The van der Waals surface area contributed by atoms with Crippen molar-refractivity contribution in [3.63, 3.8) is 0 Å². The predicted octanol–water partition coefficient (Wildman–Crippen LogP) is 5.65. The largest absolute Gasteiger partial charge is 0.508 e. The Morgan fingerprint density at radius 1 is 0.643 bits per heavy atom. The second-order valence-electron chi connectivity index (χ2n) is 6.09. The van der Waals surface area contributed by atoms with E-state index in [0.717, 1.165) is 11.4 Å². The highest BCUT2D eigenvalue weighted by Gasteiger charge is 2.00. The van der Waals surface area contributed by atoms with Gasteiger partial charge in [0.2, 0.25) is 0 Å². The van der Waals surface area contributed by atoms with Crippen molar-refractivity contribution in [2.75, 3.05) is 25.1 Å². The molecule has 0 bridgehead atoms. The lowest BCUT2D eigenvalue weighted by Gasteiger charge is -2.17. The molecule has 2 N–H and O–H groups in total. The first kappa shape index (κ1) is 19.2. The zero-order valence-corrected chi connectivity index (χ0v) is 15.5. The molecule has 142 valence electrons. The molecule has 0 aliphatic carbocycles. The third-order valence-corrected chi connectivity index (χ3v) is 3.99. The average Bonchev–Trinajstić information content (AvgIpc) is 2.73. The number of likely N-dealkylation sites (N-methyl/N-ethyl adjacent to an activating group) is 1. The molecule has 28 heavy (non-hydrogen) atoms. The molecule has 0 aliphatic heterocycles. The molecule has 3 aromatic rings. The average molecular weight is 375 g/mol. The lowest BCUT2D eigenvalue weighted by molar-refractivity contribution is 0.304. The Kier molecular flexibility index (Phi) is 6.43. The molecule has 7 heteroatoms. The highest BCUT2D eigenvalue weighted by molar-refractivity contribution is 5.53. The number of aromatic hydroxyl groups is 1. The fraction of sp³-hybridized carbons (Fsp3) is 0.143. The number of phenols is 1. The summed E-state index contributed by atoms with van der Waals surface area (Å²) in [7, 11) is 1.92. The normalized spacial score (nSPS) is 11.4. The van der Waals surface area contributed by atoms with Crippen LogP contribution in [0.25, 0.3) is 0 Å². The quantitative estimate of drug-likeness (QED) is 0.522. The van der Waals surface area contributed by atoms with E-state index in [1.807, 2.05) is 60.5 Å². The fourth-order valence-corrected chi connectivity index (χ4v) is 2.39. The van der Waals surface area contributed by atoms with Crippen LogP contribution in [0.3, 0.4) is 0 Å². The van der Waals surface area contributed by atoms with Crippen molar-refractivity contribution < 1.29 is 10.2 Å². The molecule has 0 heterocycles. The molecule has 0 saturated heterocycles. The molecule has 0 saturated carbocycles. The van der Waals surface area contributed by atoms with Gasteiger partial charge in [0.15, 0.2) is 0 Å². The van der Waals surface area contributed by atoms with E-state index < -0.39 is 0 Å². The predicted molar refractivity (Wildman–Crippen MR) is 110 cm³/mol. The highest BCUT2D eigenvalue weighted by atomic mass is 16.3. The van der Waals surface area contributed by atoms with Crippen LogP contribution in [0.1, 0.15) is 0 Å². The van der Waals surface area contributed by atoms with Crippen molar-refractivity contribution in [2.45, 2.75) is 0 Å². The first-order valence-corrected chi connectivity index (χ1v) is 8.79. The van der Waals surface area contributed by atoms with Gasteiger partial charge in [0, 0.05) is 19.3 Å². The maximum Gasteiger partial charge on any atom is 0.115 e. The summed E-state index contributed by atoms with van der Waals surface area (Å²) in [6, 6.07) is 21.4. The number of azo groups is 2. The summed E-state index contributed by atoms with van der Waals surface area (Å²) in [5, 5.41) is 35.0. The first-order valence-electron chi connectivity index (χ1n) is 8.79. The van der Waals surface area contributed by atoms with Gasteiger partial charge in [-0.15, -0.1) is 0 Å². The standard InChI is InChI=1S/C21H21N5O2/c1-26(14-15-27)20-10-6-18(7-11-20)24-22-16-2-4-17(5-3-16)23-25-19-8-12-21(28)13-9-19/h2-13,27-28H,14-15H2,1H3. The van der Waals surface area contributed by atoms with Crippen molar-refractivity contribution in [1.82, 2.24) is 0 Å². The van der Waals surface area contributed by atoms with Gasteiger partial charge in [-0.3, -0.25) is 0 Å². The number of nitrogens with zero attached hydrogens (tertiary/aromatic N) is 5. The second kappa shape index (κ2) is 9.38. The van der Waals surface area contributed by atoms with Gasteiger partial charge in [-0.25, -0.2) is 0 Å². The molecule has 0 radical (unpaired) electrons. The highest BCUT2D eigenvalue weighted by Crippen LogP contribution is 2.25. The summed E-state index contributed by atoms with van der Waals surface area (Å²) in [6.45, 7) is 0.694. The van der Waals surface area contributed by atoms with Crippen molar-refractivity contribution in [2.24, 2.45) is 20.5 Å². The number of anilines is 1. The van der Waals surface area contributed by atoms with Gasteiger partial charge in [0.25, 0.3) is 0 Å². The summed E-state index contributed by atoms with van der Waals surface area (Å²) in [4.78, 5) is 1.96. The van der Waals surface area contributed by atoms with E-state index in [1.54, 1.807) is 24.3 Å². The fourth-order valence-electron chi connectivity index (χ4n) is 2.39. The monoisotopic (exact) mass is 375 g/mol. The zero-order valence-electron chi connectivity index (χ0n) is 15.5. The van der Waals surface area contributed by atoms with Crippen molar-refractivity contribution in [3.8, 4) is 5.75 Å². The molecule has 0 fully saturated rings. The first-order chi connectivity index (χ1) is 13.6. The molecule has 0 aromatic heterocycles. The van der Waals surface area contributed by atoms with Crippen molar-refractivity contribution in [3.05, 3.63) is 72.8 Å². The van der Waals surface area contributed by atoms with Crippen LogP contribution in [0, 0.1) is 0 Å². The SMILES string of the molecule is CN(CCO)c1ccc(N=Nc2ccc(N=Nc3ccc(O)cc3)cc2)cc1. The number of hydrogen-bond donors (Lipinski definition) is 2. The van der Waals surface area contributed by atoms with Crippen LogP contribution >= 0.6 is 0 Å². The van der Waals surface area contributed by atoms with Crippen LogP contribution in [-0.4, -0.2) is 30.4 Å². The Bertz CT molecular complexity index is 936. The molecule has 0 spiro atoms. The Hall–Kier alpha value is -3.58. The number of aliphatic hydroxyl groups is 1. The van der Waals surface area contributed by atoms with Crippen molar-refractivity contribution >= 4 is 28.4 Å². The maximum absolute atomic E-state index is 9.26. The summed E-state index contributed by atoms with van der Waals surface area (Å²) < 4.78 is 0. The number of rotatable bonds is 7. The van der Waals surface area contributed by atoms with E-state index in [2.05, 4.69) is 20.5 Å². The minimum absolute atomic E-state index is 0.114. The van der Waals surface area contributed by atoms with Crippen LogP contribution in [0.15, 0.2) is 93.3 Å². The van der Waals surface area contributed by atoms with Gasteiger partial charge in [-0.2, -0.15) is 20.5 Å². The Balaban J connectivity index is 1.61. The Labute approximate surface area is 163 Å². The van der Waals surface area contributed by atoms with Crippen LogP contribution in [0.4, 0.5) is 28.4 Å². The van der Waals surface area contributed by atoms with Gasteiger partial charge in [0.1, 0.15) is 5.75 Å². The van der Waals surface area contributed by atoms with E-state index in [9.17, 15) is 5.11 Å². The van der Waals surface area contributed by atoms with Gasteiger partial charge in [0.05, 0.1) is 29.4 Å². The molecule has 0 aliphatic rings. The maximum atomic E-state index is 9.26. The van der Waals surface area contributed by atoms with Gasteiger partial charge in [-0.1, -0.05) is 0 Å². The summed E-state index contributed by atoms with van der Waals surface area (Å²) >= 11 is 0. The van der Waals surface area contributed by atoms with E-state index in [1.165, 1.54) is 0 Å². The smallest absolute Gasteiger partial charge is 0.115 e. The molecular weight excluding hydrogens is 354 g/mol. The molecule has 0 unspecified atom stereocenters. The minimum atomic E-state index is 0.114. The van der Waals surface area contributed by atoms with Crippen LogP contribution in [-0.2, 0) is 0 Å². The minimum Gasteiger partial charge on any atom is -0.508 e. The van der Waals surface area contributed by atoms with E-state index in [0.29, 0.717) is 23.6 Å². The summed E-state index contributed by atoms with van der Waals surface area (Å²) in [5.41, 5.74) is 3.83. The molecular formula is C21H21N5O2. The number of benzene rings is 3. The molecule has 0 amide bonds. The number of aliphatic hydroxyl groups excluding tert-OH is 1. The Morgan fingerprint density at radius 3 is 1.39 bits per heavy atom. The van der Waals surface area contributed by atoms with Crippen LogP contribution < -0.4 is 4.90 Å². The zero-order chi connectivity index (χ0) is 19.8. The molecule has 3 aromatic carbocycles.